The first-order chi connectivity index (χ1) is 8.59. The largest absolute Gasteiger partial charge is 0.416 e. The minimum Gasteiger partial charge on any atom is -0.368 e. The number of halogens is 3. The van der Waals surface area contributed by atoms with Crippen LogP contribution in [-0.4, -0.2) is 11.9 Å². The molecule has 0 bridgehead atoms. The van der Waals surface area contributed by atoms with Crippen LogP contribution in [0.15, 0.2) is 24.3 Å². The van der Waals surface area contributed by atoms with Crippen molar-refractivity contribution in [3.05, 3.63) is 35.4 Å². The maximum atomic E-state index is 13.0. The number of nitrogens with one attached hydrogen (secondary N) is 1. The van der Waals surface area contributed by atoms with Crippen LogP contribution in [-0.2, 0) is 16.5 Å². The molecular weight excluding hydrogens is 257 g/mol. The Morgan fingerprint density at radius 3 is 2.05 bits per heavy atom. The molecule has 1 unspecified atom stereocenters. The zero-order valence-electron chi connectivity index (χ0n) is 11.0. The summed E-state index contributed by atoms with van der Waals surface area (Å²) < 4.78 is 39.0. The highest BCUT2D eigenvalue weighted by Crippen LogP contribution is 2.36. The topological polar surface area (TPSA) is 55.1 Å². The van der Waals surface area contributed by atoms with Crippen molar-refractivity contribution in [3.8, 4) is 0 Å². The molecule has 1 atom stereocenters. The highest BCUT2D eigenvalue weighted by Gasteiger charge is 2.42. The minimum absolute atomic E-state index is 0.163. The Bertz CT molecular complexity index is 471. The molecule has 0 saturated carbocycles. The fourth-order valence-corrected chi connectivity index (χ4v) is 2.03. The molecule has 0 aliphatic carbocycles. The molecule has 1 amide bonds. The fourth-order valence-electron chi connectivity index (χ4n) is 2.03. The van der Waals surface area contributed by atoms with E-state index in [1.54, 1.807) is 13.8 Å². The van der Waals surface area contributed by atoms with Crippen molar-refractivity contribution in [2.24, 2.45) is 5.73 Å². The Labute approximate surface area is 110 Å². The molecular formula is C13H17F3N2O. The lowest BCUT2D eigenvalue weighted by molar-refractivity contribution is -0.139. The van der Waals surface area contributed by atoms with E-state index in [-0.39, 0.29) is 11.6 Å². The number of carbonyl (C=O) groups is 1. The highest BCUT2D eigenvalue weighted by molar-refractivity contribution is 5.86. The van der Waals surface area contributed by atoms with Crippen LogP contribution in [0, 0.1) is 0 Å². The third-order valence-corrected chi connectivity index (χ3v) is 2.84. The summed E-state index contributed by atoms with van der Waals surface area (Å²) in [5, 5.41) is 2.81. The number of rotatable bonds is 4. The van der Waals surface area contributed by atoms with Gasteiger partial charge >= 0.3 is 6.18 Å². The summed E-state index contributed by atoms with van der Waals surface area (Å²) in [5.74, 6) is -0.849. The van der Waals surface area contributed by atoms with Crippen LogP contribution in [0.4, 0.5) is 13.2 Å². The van der Waals surface area contributed by atoms with Gasteiger partial charge in [0.1, 0.15) is 5.54 Å². The predicted molar refractivity (Wildman–Crippen MR) is 66.3 cm³/mol. The molecule has 1 aromatic carbocycles. The van der Waals surface area contributed by atoms with E-state index in [1.165, 1.54) is 25.1 Å². The van der Waals surface area contributed by atoms with E-state index < -0.39 is 23.2 Å². The van der Waals surface area contributed by atoms with Gasteiger partial charge in [-0.15, -0.1) is 0 Å². The summed E-state index contributed by atoms with van der Waals surface area (Å²) in [6, 6.07) is 4.75. The number of carbonyl (C=O) groups excluding carboxylic acids is 1. The van der Waals surface area contributed by atoms with Crippen molar-refractivity contribution in [2.75, 3.05) is 0 Å². The number of benzene rings is 1. The van der Waals surface area contributed by atoms with Crippen LogP contribution in [0.3, 0.4) is 0 Å². The Kier molecular flexibility index (Phi) is 4.25. The Morgan fingerprint density at radius 1 is 1.21 bits per heavy atom. The summed E-state index contributed by atoms with van der Waals surface area (Å²) in [5.41, 5.74) is 2.71. The zero-order chi connectivity index (χ0) is 14.8. The molecule has 0 radical (unpaired) electrons. The van der Waals surface area contributed by atoms with E-state index in [0.29, 0.717) is 0 Å². The summed E-state index contributed by atoms with van der Waals surface area (Å²) in [6.07, 6.45) is -4.54. The van der Waals surface area contributed by atoms with Gasteiger partial charge in [-0.1, -0.05) is 18.2 Å². The van der Waals surface area contributed by atoms with Gasteiger partial charge in [0.2, 0.25) is 5.91 Å². The molecule has 3 N–H and O–H groups in total. The van der Waals surface area contributed by atoms with Gasteiger partial charge < -0.3 is 5.73 Å². The molecule has 106 valence electrons. The van der Waals surface area contributed by atoms with Gasteiger partial charge in [0.15, 0.2) is 0 Å². The number of primary amides is 1. The smallest absolute Gasteiger partial charge is 0.368 e. The van der Waals surface area contributed by atoms with E-state index in [9.17, 15) is 18.0 Å². The van der Waals surface area contributed by atoms with E-state index in [4.69, 9.17) is 5.73 Å². The van der Waals surface area contributed by atoms with Crippen LogP contribution in [0.2, 0.25) is 0 Å². The van der Waals surface area contributed by atoms with E-state index >= 15 is 0 Å². The SMILES string of the molecule is CC(C)NC(C)(C(N)=O)c1ccccc1C(F)(F)F. The van der Waals surface area contributed by atoms with Gasteiger partial charge in [0.05, 0.1) is 5.56 Å². The van der Waals surface area contributed by atoms with Gasteiger partial charge in [-0.2, -0.15) is 13.2 Å². The Hall–Kier alpha value is -1.56. The third kappa shape index (κ3) is 3.26. The molecule has 6 heteroatoms. The average molecular weight is 274 g/mol. The van der Waals surface area contributed by atoms with Crippen LogP contribution in [0.1, 0.15) is 31.9 Å². The second-order valence-corrected chi connectivity index (χ2v) is 4.83. The quantitative estimate of drug-likeness (QED) is 0.885. The van der Waals surface area contributed by atoms with Crippen molar-refractivity contribution >= 4 is 5.91 Å². The van der Waals surface area contributed by atoms with Crippen LogP contribution < -0.4 is 11.1 Å². The number of hydrogen-bond donors (Lipinski definition) is 2. The maximum Gasteiger partial charge on any atom is 0.416 e. The summed E-state index contributed by atoms with van der Waals surface area (Å²) in [6.45, 7) is 4.83. The molecule has 0 saturated heterocycles. The van der Waals surface area contributed by atoms with Crippen LogP contribution in [0.5, 0.6) is 0 Å². The molecule has 0 heterocycles. The van der Waals surface area contributed by atoms with Crippen molar-refractivity contribution in [3.63, 3.8) is 0 Å². The number of nitrogens with two attached hydrogens (primary N) is 1. The summed E-state index contributed by atoms with van der Waals surface area (Å²) in [7, 11) is 0. The molecule has 1 aromatic rings. The van der Waals surface area contributed by atoms with Gasteiger partial charge in [-0.05, 0) is 32.4 Å². The standard InChI is InChI=1S/C13H17F3N2O/c1-8(2)18-12(3,11(17)19)9-6-4-5-7-10(9)13(14,15)16/h4-8,18H,1-3H3,(H2,17,19). The fraction of sp³-hybridized carbons (Fsp3) is 0.462. The number of alkyl halides is 3. The minimum atomic E-state index is -4.54. The normalized spacial score (nSPS) is 15.3. The van der Waals surface area contributed by atoms with E-state index in [2.05, 4.69) is 5.32 Å². The molecule has 0 aromatic heterocycles. The van der Waals surface area contributed by atoms with Gasteiger partial charge in [0, 0.05) is 6.04 Å². The first-order valence-electron chi connectivity index (χ1n) is 5.83. The van der Waals surface area contributed by atoms with Crippen molar-refractivity contribution in [1.82, 2.24) is 5.32 Å². The Balaban J connectivity index is 3.44. The molecule has 0 aliphatic heterocycles. The van der Waals surface area contributed by atoms with Crippen molar-refractivity contribution in [2.45, 2.75) is 38.5 Å². The number of amides is 1. The zero-order valence-corrected chi connectivity index (χ0v) is 11.0. The molecule has 0 fully saturated rings. The lowest BCUT2D eigenvalue weighted by Crippen LogP contribution is -2.53. The van der Waals surface area contributed by atoms with E-state index in [1.807, 2.05) is 0 Å². The van der Waals surface area contributed by atoms with Crippen molar-refractivity contribution < 1.29 is 18.0 Å². The molecule has 19 heavy (non-hydrogen) atoms. The second-order valence-electron chi connectivity index (χ2n) is 4.83. The van der Waals surface area contributed by atoms with Crippen LogP contribution >= 0.6 is 0 Å². The van der Waals surface area contributed by atoms with Crippen LogP contribution in [0.25, 0.3) is 0 Å². The summed E-state index contributed by atoms with van der Waals surface area (Å²) >= 11 is 0. The first-order valence-corrected chi connectivity index (χ1v) is 5.83. The molecule has 3 nitrogen and oxygen atoms in total. The lowest BCUT2D eigenvalue weighted by Gasteiger charge is -2.32. The lowest BCUT2D eigenvalue weighted by atomic mass is 9.86. The summed E-state index contributed by atoms with van der Waals surface area (Å²) in [4.78, 5) is 11.6. The van der Waals surface area contributed by atoms with E-state index in [0.717, 1.165) is 6.07 Å². The third-order valence-electron chi connectivity index (χ3n) is 2.84. The molecule has 0 aliphatic rings. The highest BCUT2D eigenvalue weighted by atomic mass is 19.4. The first kappa shape index (κ1) is 15.5. The van der Waals surface area contributed by atoms with Gasteiger partial charge in [-0.3, -0.25) is 10.1 Å². The number of hydrogen-bond acceptors (Lipinski definition) is 2. The monoisotopic (exact) mass is 274 g/mol. The molecule has 1 rings (SSSR count). The van der Waals surface area contributed by atoms with Crippen molar-refractivity contribution in [1.29, 1.82) is 0 Å². The molecule has 0 spiro atoms. The Morgan fingerprint density at radius 2 is 1.68 bits per heavy atom. The van der Waals surface area contributed by atoms with Gasteiger partial charge in [0.25, 0.3) is 0 Å². The van der Waals surface area contributed by atoms with Gasteiger partial charge in [-0.25, -0.2) is 0 Å². The average Bonchev–Trinajstić information content (AvgIpc) is 2.26. The second kappa shape index (κ2) is 5.21. The maximum absolute atomic E-state index is 13.0. The predicted octanol–water partition coefficient (Wildman–Crippen LogP) is 2.40.